The highest BCUT2D eigenvalue weighted by Crippen LogP contribution is 2.33. The third-order valence-corrected chi connectivity index (χ3v) is 3.29. The molecule has 2 heteroatoms. The van der Waals surface area contributed by atoms with Crippen molar-refractivity contribution in [3.8, 4) is 0 Å². The van der Waals surface area contributed by atoms with Gasteiger partial charge < -0.3 is 5.73 Å². The number of rotatable bonds is 1. The molecule has 0 saturated heterocycles. The molecule has 1 aromatic rings. The molecule has 0 amide bonds. The number of aromatic nitrogens is 1. The molecule has 0 spiro atoms. The molecule has 0 aliphatic heterocycles. The Labute approximate surface area is 85.5 Å². The molecule has 1 aromatic heterocycles. The van der Waals surface area contributed by atoms with Gasteiger partial charge in [0.05, 0.1) is 0 Å². The van der Waals surface area contributed by atoms with Crippen LogP contribution in [0.2, 0.25) is 0 Å². The Balaban J connectivity index is 2.12. The first kappa shape index (κ1) is 9.66. The Morgan fingerprint density at radius 3 is 2.64 bits per heavy atom. The fourth-order valence-corrected chi connectivity index (χ4v) is 2.33. The molecule has 2 rings (SSSR count). The van der Waals surface area contributed by atoms with E-state index in [-0.39, 0.29) is 0 Å². The number of nitrogens with two attached hydrogens (primary N) is 1. The fraction of sp³-hybridized carbons (Fsp3) is 0.583. The van der Waals surface area contributed by atoms with E-state index in [1.165, 1.54) is 36.8 Å². The first-order chi connectivity index (χ1) is 6.77. The predicted molar refractivity (Wildman–Crippen MR) is 58.2 cm³/mol. The maximum atomic E-state index is 5.90. The molecular weight excluding hydrogens is 172 g/mol. The maximum Gasteiger partial charge on any atom is 0.0305 e. The zero-order chi connectivity index (χ0) is 9.97. The van der Waals surface area contributed by atoms with Gasteiger partial charge >= 0.3 is 0 Å². The predicted octanol–water partition coefficient (Wildman–Crippen LogP) is 2.37. The monoisotopic (exact) mass is 190 g/mol. The van der Waals surface area contributed by atoms with Gasteiger partial charge in [-0.2, -0.15) is 0 Å². The van der Waals surface area contributed by atoms with Crippen LogP contribution in [0.5, 0.6) is 0 Å². The van der Waals surface area contributed by atoms with Crippen molar-refractivity contribution < 1.29 is 0 Å². The van der Waals surface area contributed by atoms with Crippen LogP contribution < -0.4 is 5.73 Å². The standard InChI is InChI=1S/C12H18N2/c1-9-6-7-14-8-12(9)10-2-4-11(13)5-3-10/h6-8,10-11H,2-5,13H2,1H3. The summed E-state index contributed by atoms with van der Waals surface area (Å²) in [6.07, 6.45) is 8.68. The molecule has 0 radical (unpaired) electrons. The molecule has 1 aliphatic rings. The van der Waals surface area contributed by atoms with Gasteiger partial charge in [0.15, 0.2) is 0 Å². The average Bonchev–Trinajstić information content (AvgIpc) is 2.20. The summed E-state index contributed by atoms with van der Waals surface area (Å²) in [6.45, 7) is 2.17. The maximum absolute atomic E-state index is 5.90. The molecular formula is C12H18N2. The first-order valence-corrected chi connectivity index (χ1v) is 5.43. The van der Waals surface area contributed by atoms with E-state index in [9.17, 15) is 0 Å². The van der Waals surface area contributed by atoms with Crippen LogP contribution in [-0.4, -0.2) is 11.0 Å². The Morgan fingerprint density at radius 1 is 1.29 bits per heavy atom. The topological polar surface area (TPSA) is 38.9 Å². The van der Waals surface area contributed by atoms with Crippen molar-refractivity contribution in [2.75, 3.05) is 0 Å². The van der Waals surface area contributed by atoms with Crippen molar-refractivity contribution in [3.05, 3.63) is 29.6 Å². The zero-order valence-electron chi connectivity index (χ0n) is 8.74. The van der Waals surface area contributed by atoms with E-state index in [0.717, 1.165) is 0 Å². The second-order valence-corrected chi connectivity index (χ2v) is 4.34. The smallest absolute Gasteiger partial charge is 0.0305 e. The number of hydrogen-bond acceptors (Lipinski definition) is 2. The van der Waals surface area contributed by atoms with Crippen LogP contribution in [0, 0.1) is 6.92 Å². The summed E-state index contributed by atoms with van der Waals surface area (Å²) in [7, 11) is 0. The molecule has 0 aromatic carbocycles. The summed E-state index contributed by atoms with van der Waals surface area (Å²) in [5.74, 6) is 0.698. The van der Waals surface area contributed by atoms with Gasteiger partial charge in [-0.3, -0.25) is 4.98 Å². The minimum atomic E-state index is 0.434. The minimum absolute atomic E-state index is 0.434. The van der Waals surface area contributed by atoms with Crippen LogP contribution in [0.4, 0.5) is 0 Å². The molecule has 1 fully saturated rings. The molecule has 1 aliphatic carbocycles. The quantitative estimate of drug-likeness (QED) is 0.738. The lowest BCUT2D eigenvalue weighted by Gasteiger charge is -2.27. The Kier molecular flexibility index (Phi) is 2.82. The van der Waals surface area contributed by atoms with Gasteiger partial charge in [0.25, 0.3) is 0 Å². The lowest BCUT2D eigenvalue weighted by atomic mass is 9.81. The molecule has 2 nitrogen and oxygen atoms in total. The Bertz CT molecular complexity index is 301. The third kappa shape index (κ3) is 1.95. The third-order valence-electron chi connectivity index (χ3n) is 3.29. The number of hydrogen-bond donors (Lipinski definition) is 1. The van der Waals surface area contributed by atoms with Crippen LogP contribution in [0.1, 0.15) is 42.7 Å². The van der Waals surface area contributed by atoms with E-state index >= 15 is 0 Å². The largest absolute Gasteiger partial charge is 0.328 e. The van der Waals surface area contributed by atoms with Crippen LogP contribution in [-0.2, 0) is 0 Å². The van der Waals surface area contributed by atoms with E-state index in [1.807, 2.05) is 12.4 Å². The molecule has 76 valence electrons. The lowest BCUT2D eigenvalue weighted by Crippen LogP contribution is -2.25. The number of aryl methyl sites for hydroxylation is 1. The molecule has 0 bridgehead atoms. The van der Waals surface area contributed by atoms with Crippen LogP contribution in [0.25, 0.3) is 0 Å². The Morgan fingerprint density at radius 2 is 2.00 bits per heavy atom. The summed E-state index contributed by atoms with van der Waals surface area (Å²) in [5, 5.41) is 0. The van der Waals surface area contributed by atoms with Crippen LogP contribution >= 0.6 is 0 Å². The normalized spacial score (nSPS) is 27.6. The Hall–Kier alpha value is -0.890. The SMILES string of the molecule is Cc1ccncc1C1CCC(N)CC1. The van der Waals surface area contributed by atoms with Crippen molar-refractivity contribution in [1.29, 1.82) is 0 Å². The summed E-state index contributed by atoms with van der Waals surface area (Å²) in [6, 6.07) is 2.53. The second-order valence-electron chi connectivity index (χ2n) is 4.34. The molecule has 14 heavy (non-hydrogen) atoms. The van der Waals surface area contributed by atoms with Crippen molar-refractivity contribution >= 4 is 0 Å². The molecule has 1 heterocycles. The van der Waals surface area contributed by atoms with E-state index in [1.54, 1.807) is 0 Å². The number of nitrogens with zero attached hydrogens (tertiary/aromatic N) is 1. The second kappa shape index (κ2) is 4.09. The highest BCUT2D eigenvalue weighted by molar-refractivity contribution is 5.25. The summed E-state index contributed by atoms with van der Waals surface area (Å²) in [4.78, 5) is 4.21. The highest BCUT2D eigenvalue weighted by atomic mass is 14.6. The van der Waals surface area contributed by atoms with Crippen molar-refractivity contribution in [1.82, 2.24) is 4.98 Å². The zero-order valence-corrected chi connectivity index (χ0v) is 8.74. The summed E-state index contributed by atoms with van der Waals surface area (Å²) >= 11 is 0. The van der Waals surface area contributed by atoms with E-state index in [4.69, 9.17) is 5.73 Å². The van der Waals surface area contributed by atoms with Crippen LogP contribution in [0.3, 0.4) is 0 Å². The van der Waals surface area contributed by atoms with Gasteiger partial charge in [-0.25, -0.2) is 0 Å². The van der Waals surface area contributed by atoms with Crippen molar-refractivity contribution in [2.24, 2.45) is 5.73 Å². The van der Waals surface area contributed by atoms with Gasteiger partial charge in [-0.05, 0) is 55.7 Å². The van der Waals surface area contributed by atoms with Gasteiger partial charge in [0.2, 0.25) is 0 Å². The average molecular weight is 190 g/mol. The van der Waals surface area contributed by atoms with Crippen molar-refractivity contribution in [3.63, 3.8) is 0 Å². The minimum Gasteiger partial charge on any atom is -0.328 e. The number of pyridine rings is 1. The van der Waals surface area contributed by atoms with Gasteiger partial charge in [0.1, 0.15) is 0 Å². The molecule has 1 saturated carbocycles. The van der Waals surface area contributed by atoms with E-state index < -0.39 is 0 Å². The molecule has 0 atom stereocenters. The summed E-state index contributed by atoms with van der Waals surface area (Å²) < 4.78 is 0. The molecule has 2 N–H and O–H groups in total. The van der Waals surface area contributed by atoms with Crippen LogP contribution in [0.15, 0.2) is 18.5 Å². The van der Waals surface area contributed by atoms with Gasteiger partial charge in [-0.15, -0.1) is 0 Å². The highest BCUT2D eigenvalue weighted by Gasteiger charge is 2.20. The molecule has 0 unspecified atom stereocenters. The fourth-order valence-electron chi connectivity index (χ4n) is 2.33. The first-order valence-electron chi connectivity index (χ1n) is 5.43. The lowest BCUT2D eigenvalue weighted by molar-refractivity contribution is 0.394. The summed E-state index contributed by atoms with van der Waals surface area (Å²) in [5.41, 5.74) is 8.70. The van der Waals surface area contributed by atoms with Gasteiger partial charge in [-0.1, -0.05) is 0 Å². The van der Waals surface area contributed by atoms with E-state index in [0.29, 0.717) is 12.0 Å². The van der Waals surface area contributed by atoms with Gasteiger partial charge in [0, 0.05) is 18.4 Å². The van der Waals surface area contributed by atoms with Crippen molar-refractivity contribution in [2.45, 2.75) is 44.6 Å². The van der Waals surface area contributed by atoms with E-state index in [2.05, 4.69) is 18.0 Å².